The molecule has 0 unspecified atom stereocenters. The van der Waals surface area contributed by atoms with Gasteiger partial charge in [0.1, 0.15) is 0 Å². The second-order valence-electron chi connectivity index (χ2n) is 5.71. The second-order valence-corrected chi connectivity index (χ2v) is 6.53. The zero-order valence-corrected chi connectivity index (χ0v) is 15.2. The first-order valence-electron chi connectivity index (χ1n) is 8.02. The summed E-state index contributed by atoms with van der Waals surface area (Å²) in [6.07, 6.45) is 1.81. The summed E-state index contributed by atoms with van der Waals surface area (Å²) in [4.78, 5) is 0. The van der Waals surface area contributed by atoms with Gasteiger partial charge in [-0.1, -0.05) is 89.9 Å². The Kier molecular flexibility index (Phi) is 6.10. The van der Waals surface area contributed by atoms with Gasteiger partial charge in [0.05, 0.1) is 29.3 Å². The van der Waals surface area contributed by atoms with Crippen LogP contribution in [0.1, 0.15) is 16.7 Å². The van der Waals surface area contributed by atoms with Crippen LogP contribution in [0.5, 0.6) is 0 Å². The number of benzene rings is 3. The highest BCUT2D eigenvalue weighted by Gasteiger charge is 2.04. The van der Waals surface area contributed by atoms with Crippen molar-refractivity contribution in [3.63, 3.8) is 0 Å². The molecule has 0 aromatic heterocycles. The monoisotopic (exact) mass is 368 g/mol. The fourth-order valence-corrected chi connectivity index (χ4v) is 2.77. The summed E-state index contributed by atoms with van der Waals surface area (Å²) in [5.41, 5.74) is 3.34. The third kappa shape index (κ3) is 5.35. The summed E-state index contributed by atoms with van der Waals surface area (Å²) in [7, 11) is 0. The first-order chi connectivity index (χ1) is 12.2. The normalized spacial score (nSPS) is 11.0. The van der Waals surface area contributed by atoms with Crippen LogP contribution in [0.15, 0.2) is 84.0 Å². The minimum absolute atomic E-state index is 0.531. The summed E-state index contributed by atoms with van der Waals surface area (Å²) in [6, 6.07) is 26.1. The van der Waals surface area contributed by atoms with E-state index in [9.17, 15) is 0 Å². The molecule has 0 amide bonds. The fourth-order valence-electron chi connectivity index (χ4n) is 2.47. The SMILES string of the molecule is Clc1ccc(/C=N\N(Cc2ccccc2)Cc2ccccc2)cc1Cl. The summed E-state index contributed by atoms with van der Waals surface area (Å²) in [5.74, 6) is 0. The van der Waals surface area contributed by atoms with E-state index in [0.717, 1.165) is 18.7 Å². The van der Waals surface area contributed by atoms with Crippen LogP contribution in [0.2, 0.25) is 10.0 Å². The van der Waals surface area contributed by atoms with Gasteiger partial charge in [-0.2, -0.15) is 5.10 Å². The van der Waals surface area contributed by atoms with Crippen molar-refractivity contribution in [1.82, 2.24) is 5.01 Å². The molecule has 4 heteroatoms. The zero-order valence-electron chi connectivity index (χ0n) is 13.6. The van der Waals surface area contributed by atoms with E-state index < -0.39 is 0 Å². The molecule has 2 nitrogen and oxygen atoms in total. The molecule has 3 rings (SSSR count). The van der Waals surface area contributed by atoms with Crippen LogP contribution < -0.4 is 0 Å². The molecule has 0 aliphatic carbocycles. The Morgan fingerprint density at radius 3 is 1.80 bits per heavy atom. The maximum absolute atomic E-state index is 6.08. The molecular formula is C21H18Cl2N2. The predicted octanol–water partition coefficient (Wildman–Crippen LogP) is 6.03. The van der Waals surface area contributed by atoms with Crippen molar-refractivity contribution in [2.45, 2.75) is 13.1 Å². The van der Waals surface area contributed by atoms with E-state index in [1.165, 1.54) is 11.1 Å². The average Bonchev–Trinajstić information content (AvgIpc) is 2.64. The van der Waals surface area contributed by atoms with Crippen LogP contribution in [-0.4, -0.2) is 11.2 Å². The lowest BCUT2D eigenvalue weighted by molar-refractivity contribution is 0.272. The van der Waals surface area contributed by atoms with Crippen molar-refractivity contribution < 1.29 is 0 Å². The van der Waals surface area contributed by atoms with Gasteiger partial charge in [0.15, 0.2) is 0 Å². The average molecular weight is 369 g/mol. The highest BCUT2D eigenvalue weighted by Crippen LogP contribution is 2.22. The molecule has 3 aromatic carbocycles. The van der Waals surface area contributed by atoms with Crippen LogP contribution in [0.25, 0.3) is 0 Å². The Hall–Kier alpha value is -2.29. The van der Waals surface area contributed by atoms with Gasteiger partial charge in [-0.15, -0.1) is 0 Å². The number of rotatable bonds is 6. The quantitative estimate of drug-likeness (QED) is 0.383. The summed E-state index contributed by atoms with van der Waals surface area (Å²) in [6.45, 7) is 1.46. The molecule has 0 heterocycles. The van der Waals surface area contributed by atoms with Crippen LogP contribution in [0.3, 0.4) is 0 Å². The lowest BCUT2D eigenvalue weighted by Gasteiger charge is -2.19. The minimum atomic E-state index is 0.531. The van der Waals surface area contributed by atoms with Gasteiger partial charge in [0.25, 0.3) is 0 Å². The number of hydrogen-bond donors (Lipinski definition) is 0. The Morgan fingerprint density at radius 1 is 0.720 bits per heavy atom. The van der Waals surface area contributed by atoms with E-state index in [-0.39, 0.29) is 0 Å². The smallest absolute Gasteiger partial charge is 0.0614 e. The molecule has 0 saturated carbocycles. The fraction of sp³-hybridized carbons (Fsp3) is 0.0952. The standard InChI is InChI=1S/C21H18Cl2N2/c22-20-12-11-19(13-21(20)23)14-24-25(15-17-7-3-1-4-8-17)16-18-9-5-2-6-10-18/h1-14H,15-16H2/b24-14-. The number of hydrazone groups is 1. The van der Waals surface area contributed by atoms with Crippen molar-refractivity contribution in [3.05, 3.63) is 106 Å². The molecule has 0 N–H and O–H groups in total. The lowest BCUT2D eigenvalue weighted by Crippen LogP contribution is -2.17. The summed E-state index contributed by atoms with van der Waals surface area (Å²) >= 11 is 12.1. The first-order valence-corrected chi connectivity index (χ1v) is 8.78. The largest absolute Gasteiger partial charge is 0.288 e. The van der Waals surface area contributed by atoms with Crippen LogP contribution in [0, 0.1) is 0 Å². The molecule has 0 atom stereocenters. The van der Waals surface area contributed by atoms with Gasteiger partial charge in [-0.25, -0.2) is 0 Å². The Morgan fingerprint density at radius 2 is 1.28 bits per heavy atom. The van der Waals surface area contributed by atoms with E-state index in [1.54, 1.807) is 6.07 Å². The Bertz CT molecular complexity index is 792. The number of nitrogens with zero attached hydrogens (tertiary/aromatic N) is 2. The van der Waals surface area contributed by atoms with Crippen molar-refractivity contribution in [2.24, 2.45) is 5.10 Å². The molecule has 126 valence electrons. The molecule has 0 aliphatic heterocycles. The molecule has 0 radical (unpaired) electrons. The maximum Gasteiger partial charge on any atom is 0.0614 e. The van der Waals surface area contributed by atoms with E-state index in [2.05, 4.69) is 29.4 Å². The highest BCUT2D eigenvalue weighted by molar-refractivity contribution is 6.42. The van der Waals surface area contributed by atoms with E-state index in [1.807, 2.05) is 59.8 Å². The topological polar surface area (TPSA) is 15.6 Å². The van der Waals surface area contributed by atoms with Gasteiger partial charge >= 0.3 is 0 Å². The van der Waals surface area contributed by atoms with E-state index in [4.69, 9.17) is 23.2 Å². The van der Waals surface area contributed by atoms with Crippen LogP contribution in [0.4, 0.5) is 0 Å². The number of hydrogen-bond acceptors (Lipinski definition) is 2. The van der Waals surface area contributed by atoms with Crippen molar-refractivity contribution in [2.75, 3.05) is 0 Å². The summed E-state index contributed by atoms with van der Waals surface area (Å²) < 4.78 is 0. The third-order valence-electron chi connectivity index (χ3n) is 3.73. The van der Waals surface area contributed by atoms with Crippen molar-refractivity contribution >= 4 is 29.4 Å². The molecule has 3 aromatic rings. The van der Waals surface area contributed by atoms with Gasteiger partial charge in [0, 0.05) is 0 Å². The molecule has 0 bridgehead atoms. The zero-order chi connectivity index (χ0) is 17.5. The minimum Gasteiger partial charge on any atom is -0.288 e. The third-order valence-corrected chi connectivity index (χ3v) is 4.47. The van der Waals surface area contributed by atoms with Gasteiger partial charge < -0.3 is 0 Å². The van der Waals surface area contributed by atoms with E-state index >= 15 is 0 Å². The van der Waals surface area contributed by atoms with Crippen molar-refractivity contribution in [3.8, 4) is 0 Å². The Balaban J connectivity index is 1.79. The van der Waals surface area contributed by atoms with Crippen LogP contribution >= 0.6 is 23.2 Å². The predicted molar refractivity (Wildman–Crippen MR) is 106 cm³/mol. The highest BCUT2D eigenvalue weighted by atomic mass is 35.5. The Labute approximate surface area is 158 Å². The van der Waals surface area contributed by atoms with Gasteiger partial charge in [-0.05, 0) is 28.8 Å². The lowest BCUT2D eigenvalue weighted by atomic mass is 10.2. The maximum atomic E-state index is 6.08. The molecular weight excluding hydrogens is 351 g/mol. The molecule has 0 saturated heterocycles. The van der Waals surface area contributed by atoms with E-state index in [0.29, 0.717) is 10.0 Å². The van der Waals surface area contributed by atoms with Crippen molar-refractivity contribution in [1.29, 1.82) is 0 Å². The molecule has 0 spiro atoms. The first kappa shape index (κ1) is 17.5. The van der Waals surface area contributed by atoms with Gasteiger partial charge in [0.2, 0.25) is 0 Å². The number of halogens is 2. The van der Waals surface area contributed by atoms with Gasteiger partial charge in [-0.3, -0.25) is 5.01 Å². The molecule has 0 fully saturated rings. The molecule has 25 heavy (non-hydrogen) atoms. The summed E-state index contributed by atoms with van der Waals surface area (Å²) in [5, 5.41) is 7.77. The van der Waals surface area contributed by atoms with Crippen LogP contribution in [-0.2, 0) is 13.1 Å². The molecule has 0 aliphatic rings. The second kappa shape index (κ2) is 8.70.